The van der Waals surface area contributed by atoms with Crippen LogP contribution in [0.25, 0.3) is 0 Å². The van der Waals surface area contributed by atoms with Crippen molar-refractivity contribution < 1.29 is 5.11 Å². The molecular formula is C11H24N2O. The van der Waals surface area contributed by atoms with Gasteiger partial charge in [0.1, 0.15) is 0 Å². The Morgan fingerprint density at radius 3 is 2.86 bits per heavy atom. The Balaban J connectivity index is 2.16. The lowest BCUT2D eigenvalue weighted by atomic mass is 10.1. The normalized spacial score (nSPS) is 26.4. The molecule has 0 bridgehead atoms. The Morgan fingerprint density at radius 1 is 1.57 bits per heavy atom. The Kier molecular flexibility index (Phi) is 5.45. The van der Waals surface area contributed by atoms with Crippen LogP contribution < -0.4 is 10.6 Å². The summed E-state index contributed by atoms with van der Waals surface area (Å²) in [6.07, 6.45) is 4.80. The maximum atomic E-state index is 9.06. The van der Waals surface area contributed by atoms with Crippen molar-refractivity contribution in [2.24, 2.45) is 0 Å². The second-order valence-electron chi connectivity index (χ2n) is 4.38. The molecule has 14 heavy (non-hydrogen) atoms. The van der Waals surface area contributed by atoms with Gasteiger partial charge in [0.05, 0.1) is 6.61 Å². The number of rotatable bonds is 6. The molecule has 84 valence electrons. The second kappa shape index (κ2) is 6.38. The summed E-state index contributed by atoms with van der Waals surface area (Å²) in [5.74, 6) is 0. The Bertz CT molecular complexity index is 138. The van der Waals surface area contributed by atoms with Crippen LogP contribution in [0.3, 0.4) is 0 Å². The van der Waals surface area contributed by atoms with Gasteiger partial charge in [-0.1, -0.05) is 6.92 Å². The van der Waals surface area contributed by atoms with Gasteiger partial charge < -0.3 is 15.7 Å². The molecule has 0 aliphatic carbocycles. The minimum absolute atomic E-state index is 0.249. The molecule has 0 spiro atoms. The van der Waals surface area contributed by atoms with Crippen LogP contribution in [0.1, 0.15) is 39.5 Å². The topological polar surface area (TPSA) is 44.3 Å². The lowest BCUT2D eigenvalue weighted by Crippen LogP contribution is -2.41. The minimum Gasteiger partial charge on any atom is -0.395 e. The highest BCUT2D eigenvalue weighted by molar-refractivity contribution is 4.80. The van der Waals surface area contributed by atoms with Crippen molar-refractivity contribution in [3.63, 3.8) is 0 Å². The monoisotopic (exact) mass is 200 g/mol. The molecule has 0 aromatic heterocycles. The van der Waals surface area contributed by atoms with Gasteiger partial charge >= 0.3 is 0 Å². The van der Waals surface area contributed by atoms with E-state index in [1.165, 1.54) is 25.8 Å². The fourth-order valence-corrected chi connectivity index (χ4v) is 2.15. The van der Waals surface area contributed by atoms with E-state index >= 15 is 0 Å². The highest BCUT2D eigenvalue weighted by atomic mass is 16.3. The van der Waals surface area contributed by atoms with Crippen LogP contribution in [0.15, 0.2) is 0 Å². The van der Waals surface area contributed by atoms with Gasteiger partial charge in [-0.25, -0.2) is 0 Å². The first-order chi connectivity index (χ1) is 6.76. The van der Waals surface area contributed by atoms with E-state index in [4.69, 9.17) is 5.11 Å². The van der Waals surface area contributed by atoms with Crippen LogP contribution in [0.5, 0.6) is 0 Å². The molecular weight excluding hydrogens is 176 g/mol. The van der Waals surface area contributed by atoms with Gasteiger partial charge in [-0.15, -0.1) is 0 Å². The van der Waals surface area contributed by atoms with E-state index in [0.29, 0.717) is 12.1 Å². The smallest absolute Gasteiger partial charge is 0.0584 e. The Morgan fingerprint density at radius 2 is 2.36 bits per heavy atom. The Hall–Kier alpha value is -0.120. The van der Waals surface area contributed by atoms with Crippen molar-refractivity contribution in [2.45, 2.75) is 57.7 Å². The highest BCUT2D eigenvalue weighted by Gasteiger charge is 2.18. The second-order valence-corrected chi connectivity index (χ2v) is 4.38. The van der Waals surface area contributed by atoms with Crippen LogP contribution in [0.2, 0.25) is 0 Å². The summed E-state index contributed by atoms with van der Waals surface area (Å²) in [7, 11) is 0. The summed E-state index contributed by atoms with van der Waals surface area (Å²) in [6, 6.07) is 1.46. The summed E-state index contributed by atoms with van der Waals surface area (Å²) in [5, 5.41) is 16.0. The third-order valence-electron chi connectivity index (χ3n) is 3.03. The first-order valence-corrected chi connectivity index (χ1v) is 5.86. The van der Waals surface area contributed by atoms with Gasteiger partial charge in [0.15, 0.2) is 0 Å². The summed E-state index contributed by atoms with van der Waals surface area (Å²) in [4.78, 5) is 0. The van der Waals surface area contributed by atoms with E-state index in [1.807, 2.05) is 0 Å². The van der Waals surface area contributed by atoms with Gasteiger partial charge in [-0.05, 0) is 39.2 Å². The average molecular weight is 200 g/mol. The first kappa shape index (κ1) is 12.0. The van der Waals surface area contributed by atoms with Crippen LogP contribution in [0.4, 0.5) is 0 Å². The molecule has 3 heteroatoms. The lowest BCUT2D eigenvalue weighted by Gasteiger charge is -2.23. The minimum atomic E-state index is 0.249. The van der Waals surface area contributed by atoms with Gasteiger partial charge in [-0.3, -0.25) is 0 Å². The van der Waals surface area contributed by atoms with E-state index in [9.17, 15) is 0 Å². The zero-order valence-electron chi connectivity index (χ0n) is 9.42. The molecule has 1 rings (SSSR count). The molecule has 1 saturated heterocycles. The average Bonchev–Trinajstić information content (AvgIpc) is 2.66. The summed E-state index contributed by atoms with van der Waals surface area (Å²) >= 11 is 0. The molecule has 0 radical (unpaired) electrons. The SMILES string of the molecule is CC[C@@H](CO)NC(C)CC1CCCN1. The van der Waals surface area contributed by atoms with Crippen molar-refractivity contribution in [2.75, 3.05) is 13.2 Å². The summed E-state index contributed by atoms with van der Waals surface area (Å²) < 4.78 is 0. The maximum Gasteiger partial charge on any atom is 0.0584 e. The lowest BCUT2D eigenvalue weighted by molar-refractivity contribution is 0.225. The largest absolute Gasteiger partial charge is 0.395 e. The van der Waals surface area contributed by atoms with Crippen molar-refractivity contribution in [3.8, 4) is 0 Å². The van der Waals surface area contributed by atoms with Gasteiger partial charge in [0.2, 0.25) is 0 Å². The van der Waals surface area contributed by atoms with Gasteiger partial charge in [-0.2, -0.15) is 0 Å². The van der Waals surface area contributed by atoms with Gasteiger partial charge in [0.25, 0.3) is 0 Å². The van der Waals surface area contributed by atoms with Crippen LogP contribution in [-0.4, -0.2) is 36.4 Å². The summed E-state index contributed by atoms with van der Waals surface area (Å²) in [5.41, 5.74) is 0. The molecule has 0 aromatic carbocycles. The van der Waals surface area contributed by atoms with E-state index in [-0.39, 0.29) is 12.6 Å². The molecule has 1 aliphatic rings. The predicted molar refractivity (Wildman–Crippen MR) is 59.4 cm³/mol. The Labute approximate surface area is 87.3 Å². The van der Waals surface area contributed by atoms with Gasteiger partial charge in [0, 0.05) is 18.1 Å². The quantitative estimate of drug-likeness (QED) is 0.596. The van der Waals surface area contributed by atoms with Crippen LogP contribution in [0, 0.1) is 0 Å². The fraction of sp³-hybridized carbons (Fsp3) is 1.00. The number of aliphatic hydroxyl groups is 1. The number of hydrogen-bond acceptors (Lipinski definition) is 3. The van der Waals surface area contributed by atoms with Crippen LogP contribution >= 0.6 is 0 Å². The van der Waals surface area contributed by atoms with E-state index < -0.39 is 0 Å². The zero-order chi connectivity index (χ0) is 10.4. The van der Waals surface area contributed by atoms with Crippen LogP contribution in [-0.2, 0) is 0 Å². The third kappa shape index (κ3) is 3.95. The predicted octanol–water partition coefficient (Wildman–Crippen LogP) is 0.877. The fourth-order valence-electron chi connectivity index (χ4n) is 2.15. The van der Waals surface area contributed by atoms with E-state index in [0.717, 1.165) is 6.42 Å². The molecule has 2 unspecified atom stereocenters. The van der Waals surface area contributed by atoms with Crippen molar-refractivity contribution >= 4 is 0 Å². The van der Waals surface area contributed by atoms with Crippen molar-refractivity contribution in [3.05, 3.63) is 0 Å². The molecule has 3 N–H and O–H groups in total. The molecule has 3 atom stereocenters. The zero-order valence-corrected chi connectivity index (χ0v) is 9.42. The van der Waals surface area contributed by atoms with Crippen molar-refractivity contribution in [1.29, 1.82) is 0 Å². The number of hydrogen-bond donors (Lipinski definition) is 3. The number of nitrogens with one attached hydrogen (secondary N) is 2. The highest BCUT2D eigenvalue weighted by Crippen LogP contribution is 2.11. The molecule has 1 heterocycles. The molecule has 1 fully saturated rings. The van der Waals surface area contributed by atoms with E-state index in [1.54, 1.807) is 0 Å². The summed E-state index contributed by atoms with van der Waals surface area (Å²) in [6.45, 7) is 5.74. The first-order valence-electron chi connectivity index (χ1n) is 5.86. The number of aliphatic hydroxyl groups excluding tert-OH is 1. The standard InChI is InChI=1S/C11H24N2O/c1-3-10(8-14)13-9(2)7-11-5-4-6-12-11/h9-14H,3-8H2,1-2H3/t9?,10-,11?/m0/s1. The maximum absolute atomic E-state index is 9.06. The molecule has 0 amide bonds. The molecule has 0 aromatic rings. The molecule has 3 nitrogen and oxygen atoms in total. The third-order valence-corrected chi connectivity index (χ3v) is 3.03. The van der Waals surface area contributed by atoms with E-state index in [2.05, 4.69) is 24.5 Å². The molecule has 1 aliphatic heterocycles. The van der Waals surface area contributed by atoms with Crippen molar-refractivity contribution in [1.82, 2.24) is 10.6 Å². The molecule has 0 saturated carbocycles.